The Kier molecular flexibility index (Phi) is 6.14. The lowest BCUT2D eigenvalue weighted by Gasteiger charge is -2.15. The van der Waals surface area contributed by atoms with Crippen molar-refractivity contribution >= 4 is 10.8 Å². The molecule has 214 valence electrons. The van der Waals surface area contributed by atoms with E-state index in [2.05, 4.69) is 103 Å². The van der Waals surface area contributed by atoms with Crippen molar-refractivity contribution in [1.29, 1.82) is 0 Å². The van der Waals surface area contributed by atoms with Crippen molar-refractivity contribution in [2.24, 2.45) is 0 Å². The van der Waals surface area contributed by atoms with E-state index >= 15 is 0 Å². The lowest BCUT2D eigenvalue weighted by molar-refractivity contribution is 1.07. The molecule has 0 unspecified atom stereocenters. The smallest absolute Gasteiger partial charge is 0.164 e. The van der Waals surface area contributed by atoms with Crippen molar-refractivity contribution in [3.63, 3.8) is 0 Å². The molecule has 1 aliphatic rings. The SMILES string of the molecule is c1ccc(-c2nc(-c3ccccc3)nc(-c3ccccc3-c3ccc4c(c3)-c3ccccc3-c3cccc5cccc-4c35)n2)cc1. The molecule has 3 nitrogen and oxygen atoms in total. The summed E-state index contributed by atoms with van der Waals surface area (Å²) in [5, 5.41) is 2.56. The van der Waals surface area contributed by atoms with Crippen LogP contribution < -0.4 is 0 Å². The molecular formula is C43H27N3. The van der Waals surface area contributed by atoms with Gasteiger partial charge in [-0.15, -0.1) is 0 Å². The van der Waals surface area contributed by atoms with Crippen LogP contribution in [0.3, 0.4) is 0 Å². The zero-order valence-electron chi connectivity index (χ0n) is 24.9. The van der Waals surface area contributed by atoms with Gasteiger partial charge in [0.1, 0.15) is 0 Å². The van der Waals surface area contributed by atoms with E-state index in [1.807, 2.05) is 60.7 Å². The summed E-state index contributed by atoms with van der Waals surface area (Å²) in [6, 6.07) is 57.6. The average Bonchev–Trinajstić information content (AvgIpc) is 3.26. The molecule has 7 aromatic carbocycles. The predicted octanol–water partition coefficient (Wildman–Crippen LogP) is 11.0. The van der Waals surface area contributed by atoms with Gasteiger partial charge < -0.3 is 0 Å². The molecule has 3 heteroatoms. The zero-order chi connectivity index (χ0) is 30.5. The average molecular weight is 586 g/mol. The second-order valence-corrected chi connectivity index (χ2v) is 11.6. The van der Waals surface area contributed by atoms with E-state index in [0.717, 1.165) is 27.8 Å². The summed E-state index contributed by atoms with van der Waals surface area (Å²) in [4.78, 5) is 15.0. The van der Waals surface area contributed by atoms with E-state index in [1.165, 1.54) is 44.2 Å². The lowest BCUT2D eigenvalue weighted by atomic mass is 9.89. The van der Waals surface area contributed by atoms with Gasteiger partial charge in [-0.3, -0.25) is 0 Å². The maximum Gasteiger partial charge on any atom is 0.164 e. The van der Waals surface area contributed by atoms with Gasteiger partial charge in [0.15, 0.2) is 17.5 Å². The molecule has 0 fully saturated rings. The molecule has 0 atom stereocenters. The molecule has 1 heterocycles. The number of aromatic nitrogens is 3. The van der Waals surface area contributed by atoms with E-state index in [1.54, 1.807) is 0 Å². The monoisotopic (exact) mass is 585 g/mol. The number of hydrogen-bond acceptors (Lipinski definition) is 3. The van der Waals surface area contributed by atoms with Gasteiger partial charge in [0.2, 0.25) is 0 Å². The molecular weight excluding hydrogens is 558 g/mol. The number of nitrogens with zero attached hydrogens (tertiary/aromatic N) is 3. The Bertz CT molecular complexity index is 2350. The summed E-state index contributed by atoms with van der Waals surface area (Å²) >= 11 is 0. The summed E-state index contributed by atoms with van der Waals surface area (Å²) in [6.07, 6.45) is 0. The van der Waals surface area contributed by atoms with Gasteiger partial charge in [-0.2, -0.15) is 0 Å². The molecule has 46 heavy (non-hydrogen) atoms. The van der Waals surface area contributed by atoms with Crippen molar-refractivity contribution in [2.45, 2.75) is 0 Å². The normalized spacial score (nSPS) is 11.5. The van der Waals surface area contributed by atoms with Crippen LogP contribution in [0.4, 0.5) is 0 Å². The van der Waals surface area contributed by atoms with Gasteiger partial charge in [0.25, 0.3) is 0 Å². The topological polar surface area (TPSA) is 38.7 Å². The number of hydrogen-bond donors (Lipinski definition) is 0. The molecule has 0 aliphatic heterocycles. The Labute approximate surface area is 267 Å². The largest absolute Gasteiger partial charge is 0.208 e. The van der Waals surface area contributed by atoms with Crippen LogP contribution in [0.5, 0.6) is 0 Å². The third kappa shape index (κ3) is 4.33. The van der Waals surface area contributed by atoms with Crippen molar-refractivity contribution in [3.05, 3.63) is 164 Å². The van der Waals surface area contributed by atoms with Crippen molar-refractivity contribution < 1.29 is 0 Å². The highest BCUT2D eigenvalue weighted by Crippen LogP contribution is 2.48. The minimum absolute atomic E-state index is 0.649. The Morgan fingerprint density at radius 1 is 0.261 bits per heavy atom. The van der Waals surface area contributed by atoms with Gasteiger partial charge in [-0.05, 0) is 61.3 Å². The first kappa shape index (κ1) is 26.2. The van der Waals surface area contributed by atoms with E-state index in [9.17, 15) is 0 Å². The van der Waals surface area contributed by atoms with Crippen LogP contribution in [0, 0.1) is 0 Å². The molecule has 0 spiro atoms. The number of rotatable bonds is 4. The van der Waals surface area contributed by atoms with Gasteiger partial charge in [-0.1, -0.05) is 158 Å². The fraction of sp³-hybridized carbons (Fsp3) is 0. The third-order valence-electron chi connectivity index (χ3n) is 8.90. The number of fused-ring (bicyclic) bond motifs is 5. The Hall–Kier alpha value is -6.19. The van der Waals surface area contributed by atoms with E-state index in [-0.39, 0.29) is 0 Å². The highest BCUT2D eigenvalue weighted by molar-refractivity contribution is 6.13. The lowest BCUT2D eigenvalue weighted by Crippen LogP contribution is -2.01. The van der Waals surface area contributed by atoms with E-state index < -0.39 is 0 Å². The second-order valence-electron chi connectivity index (χ2n) is 11.6. The Morgan fingerprint density at radius 2 is 0.717 bits per heavy atom. The molecule has 8 aromatic rings. The molecule has 9 rings (SSSR count). The predicted molar refractivity (Wildman–Crippen MR) is 189 cm³/mol. The summed E-state index contributed by atoms with van der Waals surface area (Å²) in [6.45, 7) is 0. The van der Waals surface area contributed by atoms with E-state index in [4.69, 9.17) is 15.0 Å². The maximum atomic E-state index is 5.05. The molecule has 0 amide bonds. The fourth-order valence-corrected chi connectivity index (χ4v) is 6.77. The standard InChI is InChI=1S/C43H27N3/c1-3-13-29(14-4-1)41-44-42(30-15-5-2-6-16-30)46-43(45-41)38-22-10-7-19-32(38)31-25-26-35-37-24-12-18-28-17-11-23-36(40(28)37)33-20-8-9-21-34(33)39(35)27-31/h1-27H. The molecule has 1 aromatic heterocycles. The highest BCUT2D eigenvalue weighted by Gasteiger charge is 2.22. The molecule has 0 saturated carbocycles. The van der Waals surface area contributed by atoms with Crippen LogP contribution in [-0.2, 0) is 0 Å². The third-order valence-corrected chi connectivity index (χ3v) is 8.90. The van der Waals surface area contributed by atoms with Crippen molar-refractivity contribution in [3.8, 4) is 78.7 Å². The zero-order valence-corrected chi connectivity index (χ0v) is 24.9. The molecule has 0 N–H and O–H groups in total. The summed E-state index contributed by atoms with van der Waals surface area (Å²) < 4.78 is 0. The number of benzene rings is 7. The minimum atomic E-state index is 0.649. The minimum Gasteiger partial charge on any atom is -0.208 e. The van der Waals surface area contributed by atoms with Crippen LogP contribution in [0.15, 0.2) is 164 Å². The van der Waals surface area contributed by atoms with Gasteiger partial charge in [-0.25, -0.2) is 15.0 Å². The first-order valence-corrected chi connectivity index (χ1v) is 15.5. The van der Waals surface area contributed by atoms with Crippen molar-refractivity contribution in [2.75, 3.05) is 0 Å². The molecule has 1 aliphatic carbocycles. The quantitative estimate of drug-likeness (QED) is 0.206. The fourth-order valence-electron chi connectivity index (χ4n) is 6.77. The van der Waals surface area contributed by atoms with Crippen LogP contribution in [0.1, 0.15) is 0 Å². The molecule has 0 bridgehead atoms. The summed E-state index contributed by atoms with van der Waals surface area (Å²) in [5.41, 5.74) is 12.5. The molecule has 0 saturated heterocycles. The first-order valence-electron chi connectivity index (χ1n) is 15.5. The van der Waals surface area contributed by atoms with Gasteiger partial charge in [0.05, 0.1) is 0 Å². The van der Waals surface area contributed by atoms with Crippen LogP contribution in [-0.4, -0.2) is 15.0 Å². The summed E-state index contributed by atoms with van der Waals surface area (Å²) in [5.74, 6) is 1.96. The van der Waals surface area contributed by atoms with E-state index in [0.29, 0.717) is 17.5 Å². The first-order chi connectivity index (χ1) is 22.8. The van der Waals surface area contributed by atoms with Gasteiger partial charge >= 0.3 is 0 Å². The maximum absolute atomic E-state index is 5.05. The highest BCUT2D eigenvalue weighted by atomic mass is 15.0. The van der Waals surface area contributed by atoms with Gasteiger partial charge in [0, 0.05) is 16.7 Å². The van der Waals surface area contributed by atoms with Crippen LogP contribution in [0.2, 0.25) is 0 Å². The summed E-state index contributed by atoms with van der Waals surface area (Å²) in [7, 11) is 0. The Morgan fingerprint density at radius 3 is 1.33 bits per heavy atom. The van der Waals surface area contributed by atoms with Crippen molar-refractivity contribution in [1.82, 2.24) is 15.0 Å². The second kappa shape index (κ2) is 10.8. The van der Waals surface area contributed by atoms with Crippen LogP contribution in [0.25, 0.3) is 89.4 Å². The molecule has 0 radical (unpaired) electrons. The van der Waals surface area contributed by atoms with Crippen LogP contribution >= 0.6 is 0 Å². The Balaban J connectivity index is 1.26.